The summed E-state index contributed by atoms with van der Waals surface area (Å²) in [6, 6.07) is 8.85. The molecule has 1 aliphatic rings. The van der Waals surface area contributed by atoms with E-state index in [1.807, 2.05) is 12.1 Å². The normalized spacial score (nSPS) is 16.3. The Kier molecular flexibility index (Phi) is 8.22. The monoisotopic (exact) mass is 533 g/mol. The van der Waals surface area contributed by atoms with Gasteiger partial charge in [0.25, 0.3) is 0 Å². The predicted octanol–water partition coefficient (Wildman–Crippen LogP) is 5.00. The number of halogens is 2. The highest BCUT2D eigenvalue weighted by Crippen LogP contribution is 2.38. The second-order valence-electron chi connectivity index (χ2n) is 8.78. The van der Waals surface area contributed by atoms with Crippen molar-refractivity contribution in [3.05, 3.63) is 45.8 Å². The van der Waals surface area contributed by atoms with Gasteiger partial charge in [-0.1, -0.05) is 37.6 Å². The van der Waals surface area contributed by atoms with E-state index in [0.717, 1.165) is 72.9 Å². The van der Waals surface area contributed by atoms with Crippen LogP contribution < -0.4 is 4.90 Å². The number of aromatic nitrogens is 4. The summed E-state index contributed by atoms with van der Waals surface area (Å²) in [5.41, 5.74) is 2.06. The Bertz CT molecular complexity index is 1030. The molecule has 1 unspecified atom stereocenters. The summed E-state index contributed by atoms with van der Waals surface area (Å²) in [7, 11) is 2.19. The van der Waals surface area contributed by atoms with Crippen molar-refractivity contribution in [3.63, 3.8) is 0 Å². The van der Waals surface area contributed by atoms with Crippen molar-refractivity contribution < 1.29 is 0 Å². The quantitative estimate of drug-likeness (QED) is 0.417. The molecule has 1 N–H and O–H groups in total. The number of rotatable bonds is 9. The number of benzene rings is 1. The maximum atomic E-state index is 6.22. The van der Waals surface area contributed by atoms with Gasteiger partial charge in [0, 0.05) is 37.2 Å². The molecule has 0 saturated carbocycles. The zero-order chi connectivity index (χ0) is 23.4. The van der Waals surface area contributed by atoms with Crippen molar-refractivity contribution >= 4 is 44.4 Å². The fourth-order valence-electron chi connectivity index (χ4n) is 4.87. The van der Waals surface area contributed by atoms with E-state index >= 15 is 0 Å². The Morgan fingerprint density at radius 1 is 1.12 bits per heavy atom. The van der Waals surface area contributed by atoms with Crippen LogP contribution in [0.2, 0.25) is 5.02 Å². The zero-order valence-electron chi connectivity index (χ0n) is 19.6. The highest BCUT2D eigenvalue weighted by Gasteiger charge is 2.32. The Labute approximate surface area is 209 Å². The van der Waals surface area contributed by atoms with Crippen LogP contribution in [0.1, 0.15) is 38.3 Å². The molecule has 3 aromatic rings. The molecular formula is C24H33BrClN7. The molecule has 0 bridgehead atoms. The molecule has 9 heteroatoms. The maximum absolute atomic E-state index is 6.22. The minimum Gasteiger partial charge on any atom is -0.356 e. The largest absolute Gasteiger partial charge is 0.356 e. The summed E-state index contributed by atoms with van der Waals surface area (Å²) in [6.45, 7) is 10.6. The van der Waals surface area contributed by atoms with Crippen molar-refractivity contribution in [1.29, 1.82) is 0 Å². The standard InChI is InChI=1S/C24H33BrClN7/c1-4-31(3)14-15-32(5-2)21(17-6-8-19(26)9-7-17)18-10-12-33(13-11-18)24-20-22(25)29-30-23(20)27-16-28-24/h6-9,16,18,21H,4-5,10-15H2,1-3H3,(H,27,28,29,30). The van der Waals surface area contributed by atoms with Crippen molar-refractivity contribution in [3.8, 4) is 0 Å². The topological polar surface area (TPSA) is 64.2 Å². The maximum Gasteiger partial charge on any atom is 0.187 e. The lowest BCUT2D eigenvalue weighted by molar-refractivity contribution is 0.118. The molecule has 1 atom stereocenters. The van der Waals surface area contributed by atoms with Gasteiger partial charge in [-0.3, -0.25) is 10.00 Å². The van der Waals surface area contributed by atoms with E-state index in [1.54, 1.807) is 6.33 Å². The van der Waals surface area contributed by atoms with E-state index in [4.69, 9.17) is 11.6 Å². The van der Waals surface area contributed by atoms with E-state index in [2.05, 4.69) is 83.8 Å². The van der Waals surface area contributed by atoms with Gasteiger partial charge in [0.1, 0.15) is 16.7 Å². The van der Waals surface area contributed by atoms with Gasteiger partial charge in [0.2, 0.25) is 0 Å². The molecule has 1 aliphatic heterocycles. The summed E-state index contributed by atoms with van der Waals surface area (Å²) < 4.78 is 0.839. The Balaban J connectivity index is 1.54. The van der Waals surface area contributed by atoms with Crippen molar-refractivity contribution in [2.45, 2.75) is 32.7 Å². The first-order chi connectivity index (χ1) is 16.0. The third kappa shape index (κ3) is 5.50. The van der Waals surface area contributed by atoms with Gasteiger partial charge in [-0.25, -0.2) is 9.97 Å². The third-order valence-electron chi connectivity index (χ3n) is 6.89. The number of fused-ring (bicyclic) bond motifs is 1. The van der Waals surface area contributed by atoms with E-state index in [-0.39, 0.29) is 0 Å². The zero-order valence-corrected chi connectivity index (χ0v) is 22.0. The molecule has 2 aromatic heterocycles. The van der Waals surface area contributed by atoms with Crippen molar-refractivity contribution in [1.82, 2.24) is 30.0 Å². The number of hydrogen-bond donors (Lipinski definition) is 1. The number of aromatic amines is 1. The summed E-state index contributed by atoms with van der Waals surface area (Å²) >= 11 is 9.80. The molecule has 0 aliphatic carbocycles. The van der Waals surface area contributed by atoms with Gasteiger partial charge in [-0.05, 0) is 72.5 Å². The van der Waals surface area contributed by atoms with Gasteiger partial charge in [-0.2, -0.15) is 5.10 Å². The molecule has 1 saturated heterocycles. The molecule has 1 aromatic carbocycles. The van der Waals surface area contributed by atoms with E-state index in [0.29, 0.717) is 17.6 Å². The predicted molar refractivity (Wildman–Crippen MR) is 139 cm³/mol. The number of likely N-dealkylation sites (N-methyl/N-ethyl adjacent to an activating group) is 2. The van der Waals surface area contributed by atoms with Crippen LogP contribution in [0.3, 0.4) is 0 Å². The van der Waals surface area contributed by atoms with Gasteiger partial charge in [-0.15, -0.1) is 0 Å². The molecule has 178 valence electrons. The van der Waals surface area contributed by atoms with Crippen LogP contribution in [0.15, 0.2) is 35.2 Å². The first kappa shape index (κ1) is 24.4. The average Bonchev–Trinajstić information content (AvgIpc) is 3.23. The van der Waals surface area contributed by atoms with Gasteiger partial charge < -0.3 is 9.80 Å². The van der Waals surface area contributed by atoms with Crippen LogP contribution in [0.25, 0.3) is 11.0 Å². The minimum atomic E-state index is 0.380. The summed E-state index contributed by atoms with van der Waals surface area (Å²) in [4.78, 5) is 16.3. The molecule has 3 heterocycles. The fourth-order valence-corrected chi connectivity index (χ4v) is 5.43. The van der Waals surface area contributed by atoms with Crippen LogP contribution in [0.5, 0.6) is 0 Å². The van der Waals surface area contributed by atoms with E-state index < -0.39 is 0 Å². The highest BCUT2D eigenvalue weighted by atomic mass is 79.9. The van der Waals surface area contributed by atoms with Gasteiger partial charge in [0.15, 0.2) is 5.65 Å². The number of H-pyrrole nitrogens is 1. The van der Waals surface area contributed by atoms with E-state index in [9.17, 15) is 0 Å². The highest BCUT2D eigenvalue weighted by molar-refractivity contribution is 9.10. The molecular weight excluding hydrogens is 502 g/mol. The molecule has 0 radical (unpaired) electrons. The van der Waals surface area contributed by atoms with Crippen molar-refractivity contribution in [2.75, 3.05) is 51.2 Å². The third-order valence-corrected chi connectivity index (χ3v) is 7.72. The second kappa shape index (κ2) is 11.1. The van der Waals surface area contributed by atoms with Crippen molar-refractivity contribution in [2.24, 2.45) is 5.92 Å². The molecule has 7 nitrogen and oxygen atoms in total. The molecule has 1 fully saturated rings. The lowest BCUT2D eigenvalue weighted by Crippen LogP contribution is -2.43. The molecule has 0 spiro atoms. The number of nitrogens with one attached hydrogen (secondary N) is 1. The van der Waals surface area contributed by atoms with Crippen LogP contribution in [0, 0.1) is 5.92 Å². The molecule has 4 rings (SSSR count). The Morgan fingerprint density at radius 2 is 1.85 bits per heavy atom. The first-order valence-corrected chi connectivity index (χ1v) is 13.0. The smallest absolute Gasteiger partial charge is 0.187 e. The lowest BCUT2D eigenvalue weighted by Gasteiger charge is -2.42. The number of anilines is 1. The van der Waals surface area contributed by atoms with Gasteiger partial charge >= 0.3 is 0 Å². The van der Waals surface area contributed by atoms with Crippen LogP contribution in [-0.4, -0.2) is 76.3 Å². The minimum absolute atomic E-state index is 0.380. The summed E-state index contributed by atoms with van der Waals surface area (Å²) in [6.07, 6.45) is 3.82. The number of piperidine rings is 1. The number of nitrogens with zero attached hydrogens (tertiary/aromatic N) is 6. The van der Waals surface area contributed by atoms with E-state index in [1.165, 1.54) is 5.56 Å². The van der Waals surface area contributed by atoms with Crippen LogP contribution in [-0.2, 0) is 0 Å². The summed E-state index contributed by atoms with van der Waals surface area (Å²) in [5.74, 6) is 1.53. The lowest BCUT2D eigenvalue weighted by atomic mass is 9.84. The van der Waals surface area contributed by atoms with Gasteiger partial charge in [0.05, 0.1) is 5.39 Å². The fraction of sp³-hybridized carbons (Fsp3) is 0.542. The molecule has 0 amide bonds. The first-order valence-electron chi connectivity index (χ1n) is 11.8. The van der Waals surface area contributed by atoms with Crippen LogP contribution in [0.4, 0.5) is 5.82 Å². The molecule has 33 heavy (non-hydrogen) atoms. The average molecular weight is 535 g/mol. The second-order valence-corrected chi connectivity index (χ2v) is 10.0. The van der Waals surface area contributed by atoms with Crippen LogP contribution >= 0.6 is 27.5 Å². The Morgan fingerprint density at radius 3 is 2.52 bits per heavy atom. The summed E-state index contributed by atoms with van der Waals surface area (Å²) in [5, 5.41) is 9.00. The number of hydrogen-bond acceptors (Lipinski definition) is 6. The SMILES string of the molecule is CCN(C)CCN(CC)C(c1ccc(Cl)cc1)C1CCN(c2ncnc3n[nH]c(Br)c23)CC1. The Hall–Kier alpha value is -1.74.